The van der Waals surface area contributed by atoms with Crippen LogP contribution in [-0.4, -0.2) is 12.6 Å². The third kappa shape index (κ3) is 5.07. The molecule has 3 heteroatoms. The second kappa shape index (κ2) is 8.06. The minimum Gasteiger partial charge on any atom is -0.338 e. The molecule has 0 aliphatic heterocycles. The Kier molecular flexibility index (Phi) is 6.09. The van der Waals surface area contributed by atoms with Gasteiger partial charge in [-0.15, -0.1) is 0 Å². The molecule has 0 heterocycles. The predicted molar refractivity (Wildman–Crippen MR) is 87.3 cm³/mol. The molecule has 0 saturated heterocycles. The Morgan fingerprint density at radius 1 is 1.19 bits per heavy atom. The van der Waals surface area contributed by atoms with Crippen LogP contribution in [-0.2, 0) is 6.42 Å². The Bertz CT molecular complexity index is 435. The van der Waals surface area contributed by atoms with E-state index in [-0.39, 0.29) is 12.1 Å². The molecule has 1 unspecified atom stereocenters. The molecule has 0 aromatic heterocycles. The molecule has 2 amide bonds. The number of urea groups is 1. The summed E-state index contributed by atoms with van der Waals surface area (Å²) in [6.45, 7) is 4.99. The fraction of sp³-hybridized carbons (Fsp3) is 0.611. The van der Waals surface area contributed by atoms with E-state index in [4.69, 9.17) is 0 Å². The first kappa shape index (κ1) is 15.9. The normalized spacial score (nSPS) is 17.2. The zero-order valence-electron chi connectivity index (χ0n) is 13.3. The van der Waals surface area contributed by atoms with E-state index in [0.717, 1.165) is 18.5 Å². The van der Waals surface area contributed by atoms with E-state index < -0.39 is 0 Å². The first-order valence-electron chi connectivity index (χ1n) is 8.32. The highest BCUT2D eigenvalue weighted by Crippen LogP contribution is 2.22. The smallest absolute Gasteiger partial charge is 0.315 e. The Morgan fingerprint density at radius 3 is 2.48 bits per heavy atom. The predicted octanol–water partition coefficient (Wildman–Crippen LogP) is 4.19. The summed E-state index contributed by atoms with van der Waals surface area (Å²) in [7, 11) is 0. The van der Waals surface area contributed by atoms with Crippen LogP contribution in [0.4, 0.5) is 4.79 Å². The summed E-state index contributed by atoms with van der Waals surface area (Å²) >= 11 is 0. The fourth-order valence-electron chi connectivity index (χ4n) is 3.00. The van der Waals surface area contributed by atoms with Crippen molar-refractivity contribution in [1.82, 2.24) is 10.6 Å². The number of hydrogen-bond acceptors (Lipinski definition) is 1. The summed E-state index contributed by atoms with van der Waals surface area (Å²) in [4.78, 5) is 12.0. The van der Waals surface area contributed by atoms with E-state index in [2.05, 4.69) is 41.8 Å². The van der Waals surface area contributed by atoms with Gasteiger partial charge < -0.3 is 10.6 Å². The highest BCUT2D eigenvalue weighted by molar-refractivity contribution is 5.74. The van der Waals surface area contributed by atoms with Crippen LogP contribution < -0.4 is 10.6 Å². The molecule has 3 nitrogen and oxygen atoms in total. The average molecular weight is 288 g/mol. The minimum atomic E-state index is -0.0485. The maximum atomic E-state index is 12.0. The number of carbonyl (C=O) groups is 1. The van der Waals surface area contributed by atoms with Crippen molar-refractivity contribution in [2.24, 2.45) is 5.92 Å². The van der Waals surface area contributed by atoms with Crippen molar-refractivity contribution in [3.8, 4) is 0 Å². The lowest BCUT2D eigenvalue weighted by Crippen LogP contribution is -2.39. The zero-order valence-corrected chi connectivity index (χ0v) is 13.3. The van der Waals surface area contributed by atoms with Gasteiger partial charge in [0.1, 0.15) is 0 Å². The standard InChI is InChI=1S/C18H28N2O/c1-3-15-9-11-17(12-10-15)14(2)20-18(21)19-13-16-7-5-4-6-8-16/h9-12,14,16H,3-8,13H2,1-2H3,(H2,19,20,21). The summed E-state index contributed by atoms with van der Waals surface area (Å²) in [6, 6.07) is 8.46. The average Bonchev–Trinajstić information content (AvgIpc) is 2.54. The SMILES string of the molecule is CCc1ccc(C(C)NC(=O)NCC2CCCCC2)cc1. The Labute approximate surface area is 128 Å². The van der Waals surface area contributed by atoms with E-state index in [0.29, 0.717) is 5.92 Å². The first-order chi connectivity index (χ1) is 10.2. The molecule has 1 aromatic rings. The first-order valence-corrected chi connectivity index (χ1v) is 8.32. The molecule has 1 atom stereocenters. The molecule has 21 heavy (non-hydrogen) atoms. The molecule has 0 spiro atoms. The summed E-state index contributed by atoms with van der Waals surface area (Å²) in [5.74, 6) is 0.670. The molecule has 1 aliphatic carbocycles. The van der Waals surface area contributed by atoms with E-state index in [1.54, 1.807) is 0 Å². The van der Waals surface area contributed by atoms with Gasteiger partial charge in [0.25, 0.3) is 0 Å². The Hall–Kier alpha value is -1.51. The number of aryl methyl sites for hydroxylation is 1. The quantitative estimate of drug-likeness (QED) is 0.838. The van der Waals surface area contributed by atoms with Gasteiger partial charge >= 0.3 is 6.03 Å². The van der Waals surface area contributed by atoms with Gasteiger partial charge in [-0.05, 0) is 43.2 Å². The van der Waals surface area contributed by atoms with Gasteiger partial charge in [-0.1, -0.05) is 50.5 Å². The molecule has 116 valence electrons. The second-order valence-corrected chi connectivity index (χ2v) is 6.18. The molecule has 0 bridgehead atoms. The van der Waals surface area contributed by atoms with Crippen LogP contribution in [0.1, 0.15) is 63.1 Å². The maximum Gasteiger partial charge on any atom is 0.315 e. The Morgan fingerprint density at radius 2 is 1.86 bits per heavy atom. The van der Waals surface area contributed by atoms with Gasteiger partial charge in [0.15, 0.2) is 0 Å². The van der Waals surface area contributed by atoms with Gasteiger partial charge in [-0.25, -0.2) is 4.79 Å². The summed E-state index contributed by atoms with van der Waals surface area (Å²) in [5.41, 5.74) is 2.48. The van der Waals surface area contributed by atoms with Crippen molar-refractivity contribution in [3.63, 3.8) is 0 Å². The van der Waals surface area contributed by atoms with Crippen LogP contribution in [0.2, 0.25) is 0 Å². The maximum absolute atomic E-state index is 12.0. The van der Waals surface area contributed by atoms with Gasteiger partial charge in [-0.3, -0.25) is 0 Å². The number of nitrogens with one attached hydrogen (secondary N) is 2. The number of benzene rings is 1. The van der Waals surface area contributed by atoms with Crippen molar-refractivity contribution in [2.75, 3.05) is 6.54 Å². The lowest BCUT2D eigenvalue weighted by molar-refractivity contribution is 0.233. The summed E-state index contributed by atoms with van der Waals surface area (Å²) in [5, 5.41) is 6.05. The lowest BCUT2D eigenvalue weighted by Gasteiger charge is -2.22. The monoisotopic (exact) mass is 288 g/mol. The largest absolute Gasteiger partial charge is 0.338 e. The topological polar surface area (TPSA) is 41.1 Å². The molecule has 1 fully saturated rings. The van der Waals surface area contributed by atoms with Crippen LogP contribution in [0.5, 0.6) is 0 Å². The van der Waals surface area contributed by atoms with Crippen molar-refractivity contribution < 1.29 is 4.79 Å². The second-order valence-electron chi connectivity index (χ2n) is 6.18. The van der Waals surface area contributed by atoms with Crippen LogP contribution in [0.3, 0.4) is 0 Å². The molecule has 1 aromatic carbocycles. The number of rotatable bonds is 5. The van der Waals surface area contributed by atoms with Crippen molar-refractivity contribution in [3.05, 3.63) is 35.4 Å². The van der Waals surface area contributed by atoms with Crippen LogP contribution >= 0.6 is 0 Å². The molecule has 2 N–H and O–H groups in total. The van der Waals surface area contributed by atoms with Gasteiger partial charge in [0, 0.05) is 6.54 Å². The fourth-order valence-corrected chi connectivity index (χ4v) is 3.00. The lowest BCUT2D eigenvalue weighted by atomic mass is 9.89. The third-order valence-electron chi connectivity index (χ3n) is 4.51. The molecular weight excluding hydrogens is 260 g/mol. The van der Waals surface area contributed by atoms with Crippen LogP contribution in [0.15, 0.2) is 24.3 Å². The number of hydrogen-bond donors (Lipinski definition) is 2. The summed E-state index contributed by atoms with van der Waals surface area (Å²) in [6.07, 6.45) is 7.54. The van der Waals surface area contributed by atoms with E-state index >= 15 is 0 Å². The molecule has 1 aliphatic rings. The van der Waals surface area contributed by atoms with Crippen LogP contribution in [0.25, 0.3) is 0 Å². The van der Waals surface area contributed by atoms with E-state index in [1.807, 2.05) is 6.92 Å². The minimum absolute atomic E-state index is 0.0438. The van der Waals surface area contributed by atoms with Crippen molar-refractivity contribution in [1.29, 1.82) is 0 Å². The third-order valence-corrected chi connectivity index (χ3v) is 4.51. The Balaban J connectivity index is 1.75. The molecular formula is C18H28N2O. The summed E-state index contributed by atoms with van der Waals surface area (Å²) < 4.78 is 0. The molecule has 0 radical (unpaired) electrons. The van der Waals surface area contributed by atoms with Crippen molar-refractivity contribution in [2.45, 2.75) is 58.4 Å². The molecule has 1 saturated carbocycles. The van der Waals surface area contributed by atoms with Gasteiger partial charge in [-0.2, -0.15) is 0 Å². The van der Waals surface area contributed by atoms with Gasteiger partial charge in [0.05, 0.1) is 6.04 Å². The van der Waals surface area contributed by atoms with E-state index in [1.165, 1.54) is 37.7 Å². The number of amides is 2. The van der Waals surface area contributed by atoms with E-state index in [9.17, 15) is 4.79 Å². The number of carbonyl (C=O) groups excluding carboxylic acids is 1. The zero-order chi connectivity index (χ0) is 15.1. The van der Waals surface area contributed by atoms with Gasteiger partial charge in [0.2, 0.25) is 0 Å². The van der Waals surface area contributed by atoms with Crippen LogP contribution in [0, 0.1) is 5.92 Å². The van der Waals surface area contributed by atoms with Crippen molar-refractivity contribution >= 4 is 6.03 Å². The molecule has 2 rings (SSSR count). The highest BCUT2D eigenvalue weighted by atomic mass is 16.2. The highest BCUT2D eigenvalue weighted by Gasteiger charge is 2.15.